The summed E-state index contributed by atoms with van der Waals surface area (Å²) >= 11 is 0. The molecule has 0 unspecified atom stereocenters. The summed E-state index contributed by atoms with van der Waals surface area (Å²) in [5, 5.41) is 4.28. The molecule has 2 heteroatoms. The Morgan fingerprint density at radius 2 is 1.38 bits per heavy atom. The average molecular weight is 213 g/mol. The molecule has 0 radical (unpaired) electrons. The number of rotatable bonds is 3. The summed E-state index contributed by atoms with van der Waals surface area (Å²) in [4.78, 5) is 0. The van der Waals surface area contributed by atoms with Crippen molar-refractivity contribution in [1.29, 1.82) is 0 Å². The smallest absolute Gasteiger partial charge is 0.658 e. The van der Waals surface area contributed by atoms with E-state index in [1.54, 1.807) is 0 Å². The normalized spacial score (nSPS) is 9.44. The second-order valence-electron chi connectivity index (χ2n) is 4.18. The van der Waals surface area contributed by atoms with E-state index >= 15 is 0 Å². The molecule has 0 aliphatic rings. The first-order valence-electron chi connectivity index (χ1n) is 5.80. The second-order valence-corrected chi connectivity index (χ2v) is 4.18. The molecule has 0 heterocycles. The fraction of sp³-hybridized carbons (Fsp3) is 0.571. The molecule has 0 bridgehead atoms. The van der Waals surface area contributed by atoms with Crippen LogP contribution in [0, 0.1) is 0 Å². The van der Waals surface area contributed by atoms with Crippen molar-refractivity contribution in [2.45, 2.75) is 53.1 Å². The minimum absolute atomic E-state index is 0. The van der Waals surface area contributed by atoms with Crippen LogP contribution in [-0.2, 0) is 6.42 Å². The molecular formula is C14H24LiN. The molecule has 0 fully saturated rings. The maximum absolute atomic E-state index is 4.28. The molecule has 0 saturated carbocycles. The molecule has 0 aliphatic heterocycles. The van der Waals surface area contributed by atoms with Crippen molar-refractivity contribution < 1.29 is 18.9 Å². The zero-order valence-corrected chi connectivity index (χ0v) is 11.7. The summed E-state index contributed by atoms with van der Waals surface area (Å²) in [5.41, 5.74) is 1.41. The van der Waals surface area contributed by atoms with Gasteiger partial charge in [0.05, 0.1) is 0 Å². The van der Waals surface area contributed by atoms with Crippen LogP contribution in [0.25, 0.3) is 5.32 Å². The van der Waals surface area contributed by atoms with Gasteiger partial charge in [0.15, 0.2) is 0 Å². The maximum Gasteiger partial charge on any atom is 1.00 e. The van der Waals surface area contributed by atoms with E-state index in [-0.39, 0.29) is 18.9 Å². The monoisotopic (exact) mass is 213 g/mol. The molecule has 1 rings (SSSR count). The Labute approximate surface area is 113 Å². The Morgan fingerprint density at radius 1 is 0.938 bits per heavy atom. The van der Waals surface area contributed by atoms with E-state index in [0.29, 0.717) is 12.1 Å². The van der Waals surface area contributed by atoms with Crippen molar-refractivity contribution in [1.82, 2.24) is 0 Å². The summed E-state index contributed by atoms with van der Waals surface area (Å²) in [6.07, 6.45) is 1.14. The molecule has 0 aliphatic carbocycles. The molecule has 0 aromatic heterocycles. The van der Waals surface area contributed by atoms with Gasteiger partial charge in [0.2, 0.25) is 0 Å². The van der Waals surface area contributed by atoms with E-state index in [4.69, 9.17) is 0 Å². The molecule has 1 aromatic rings. The molecule has 86 valence electrons. The van der Waals surface area contributed by atoms with Gasteiger partial charge >= 0.3 is 18.9 Å². The predicted molar refractivity (Wildman–Crippen MR) is 69.5 cm³/mol. The zero-order chi connectivity index (χ0) is 11.7. The van der Waals surface area contributed by atoms with Crippen LogP contribution in [0.15, 0.2) is 30.3 Å². The van der Waals surface area contributed by atoms with Gasteiger partial charge < -0.3 is 5.32 Å². The van der Waals surface area contributed by atoms with E-state index < -0.39 is 0 Å². The molecular weight excluding hydrogens is 189 g/mol. The third-order valence-electron chi connectivity index (χ3n) is 1.85. The van der Waals surface area contributed by atoms with Crippen LogP contribution in [-0.4, -0.2) is 12.1 Å². The maximum atomic E-state index is 4.28. The second kappa shape index (κ2) is 11.3. The Kier molecular flexibility index (Phi) is 12.8. The molecule has 0 amide bonds. The van der Waals surface area contributed by atoms with Crippen LogP contribution in [0.1, 0.15) is 40.2 Å². The molecule has 1 nitrogen and oxygen atoms in total. The van der Waals surface area contributed by atoms with Crippen molar-refractivity contribution in [3.63, 3.8) is 0 Å². The van der Waals surface area contributed by atoms with Crippen LogP contribution >= 0.6 is 0 Å². The largest absolute Gasteiger partial charge is 1.00 e. The average Bonchev–Trinajstić information content (AvgIpc) is 2.18. The Hall–Kier alpha value is -0.223. The number of benzene rings is 1. The van der Waals surface area contributed by atoms with Crippen molar-refractivity contribution in [3.05, 3.63) is 41.2 Å². The summed E-state index contributed by atoms with van der Waals surface area (Å²) in [6, 6.07) is 11.5. The number of aryl methyl sites for hydroxylation is 1. The van der Waals surface area contributed by atoms with Gasteiger partial charge in [-0.1, -0.05) is 65.0 Å². The third-order valence-corrected chi connectivity index (χ3v) is 1.85. The topological polar surface area (TPSA) is 14.1 Å². The third kappa shape index (κ3) is 11.8. The fourth-order valence-corrected chi connectivity index (χ4v) is 1.31. The SMILES string of the molecule is CC(C)[N-]C(C)C.CCc1ccccc1.[Li+]. The Morgan fingerprint density at radius 3 is 1.56 bits per heavy atom. The van der Waals surface area contributed by atoms with Crippen LogP contribution in [0.2, 0.25) is 0 Å². The van der Waals surface area contributed by atoms with Crippen LogP contribution < -0.4 is 18.9 Å². The van der Waals surface area contributed by atoms with Gasteiger partial charge in [0, 0.05) is 0 Å². The van der Waals surface area contributed by atoms with Crippen LogP contribution in [0.5, 0.6) is 0 Å². The van der Waals surface area contributed by atoms with E-state index in [1.807, 2.05) is 6.07 Å². The van der Waals surface area contributed by atoms with Gasteiger partial charge in [-0.25, -0.2) is 0 Å². The summed E-state index contributed by atoms with van der Waals surface area (Å²) in [7, 11) is 0. The predicted octanol–water partition coefficient (Wildman–Crippen LogP) is 1.43. The number of nitrogens with zero attached hydrogens (tertiary/aromatic N) is 1. The fourth-order valence-electron chi connectivity index (χ4n) is 1.31. The first-order chi connectivity index (χ1) is 7.06. The van der Waals surface area contributed by atoms with Gasteiger partial charge in [0.1, 0.15) is 0 Å². The first kappa shape index (κ1) is 18.2. The van der Waals surface area contributed by atoms with Gasteiger partial charge in [-0.3, -0.25) is 0 Å². The summed E-state index contributed by atoms with van der Waals surface area (Å²) in [5.74, 6) is 0. The van der Waals surface area contributed by atoms with Crippen LogP contribution in [0.4, 0.5) is 0 Å². The van der Waals surface area contributed by atoms with Crippen molar-refractivity contribution >= 4 is 0 Å². The van der Waals surface area contributed by atoms with Gasteiger partial charge in [-0.05, 0) is 12.0 Å². The molecule has 0 spiro atoms. The first-order valence-corrected chi connectivity index (χ1v) is 5.80. The minimum atomic E-state index is 0. The Bertz CT molecular complexity index is 226. The molecule has 0 N–H and O–H groups in total. The van der Waals surface area contributed by atoms with E-state index in [9.17, 15) is 0 Å². The molecule has 16 heavy (non-hydrogen) atoms. The minimum Gasteiger partial charge on any atom is -0.658 e. The molecule has 0 atom stereocenters. The molecule has 0 saturated heterocycles. The van der Waals surface area contributed by atoms with Crippen molar-refractivity contribution in [3.8, 4) is 0 Å². The zero-order valence-electron chi connectivity index (χ0n) is 11.7. The van der Waals surface area contributed by atoms with Gasteiger partial charge in [-0.2, -0.15) is 0 Å². The van der Waals surface area contributed by atoms with Gasteiger partial charge in [-0.15, -0.1) is 12.1 Å². The van der Waals surface area contributed by atoms with E-state index in [0.717, 1.165) is 6.42 Å². The van der Waals surface area contributed by atoms with Gasteiger partial charge in [0.25, 0.3) is 0 Å². The Balaban J connectivity index is 0. The standard InChI is InChI=1S/C8H10.C6H14N.Li/c1-2-8-6-4-3-5-7-8;1-5(2)7-6(3)4;/h3-7H,2H2,1H3;5-6H,1-4H3;/q;-1;+1. The van der Waals surface area contributed by atoms with E-state index in [2.05, 4.69) is 64.2 Å². The van der Waals surface area contributed by atoms with E-state index in [1.165, 1.54) is 5.56 Å². The van der Waals surface area contributed by atoms with Crippen molar-refractivity contribution in [2.24, 2.45) is 0 Å². The van der Waals surface area contributed by atoms with Crippen molar-refractivity contribution in [2.75, 3.05) is 0 Å². The number of hydrogen-bond acceptors (Lipinski definition) is 0. The quantitative estimate of drug-likeness (QED) is 0.674. The summed E-state index contributed by atoms with van der Waals surface area (Å²) in [6.45, 7) is 10.6. The van der Waals surface area contributed by atoms with Crippen LogP contribution in [0.3, 0.4) is 0 Å². The summed E-state index contributed by atoms with van der Waals surface area (Å²) < 4.78 is 0. The molecule has 1 aromatic carbocycles. The number of hydrogen-bond donors (Lipinski definition) is 0.